The molecule has 24 heavy (non-hydrogen) atoms. The van der Waals surface area contributed by atoms with Gasteiger partial charge in [0.2, 0.25) is 0 Å². The molecule has 0 saturated heterocycles. The molecule has 124 valence electrons. The van der Waals surface area contributed by atoms with Gasteiger partial charge in [0.25, 0.3) is 5.91 Å². The van der Waals surface area contributed by atoms with Gasteiger partial charge in [-0.1, -0.05) is 23.7 Å². The Morgan fingerprint density at radius 1 is 1.12 bits per heavy atom. The zero-order valence-electron chi connectivity index (χ0n) is 12.8. The van der Waals surface area contributed by atoms with Gasteiger partial charge in [-0.2, -0.15) is 0 Å². The molecule has 2 aromatic rings. The lowest BCUT2D eigenvalue weighted by Crippen LogP contribution is -2.45. The lowest BCUT2D eigenvalue weighted by Gasteiger charge is -2.26. The van der Waals surface area contributed by atoms with Crippen LogP contribution in [0.25, 0.3) is 0 Å². The molecule has 2 aliphatic heterocycles. The highest BCUT2D eigenvalue weighted by molar-refractivity contribution is 6.30. The first kappa shape index (κ1) is 15.1. The van der Waals surface area contributed by atoms with Gasteiger partial charge >= 0.3 is 0 Å². The van der Waals surface area contributed by atoms with Crippen molar-refractivity contribution in [1.82, 2.24) is 5.32 Å². The lowest BCUT2D eigenvalue weighted by atomic mass is 10.1. The smallest absolute Gasteiger partial charge is 0.261 e. The van der Waals surface area contributed by atoms with E-state index < -0.39 is 6.10 Å². The first-order valence-electron chi connectivity index (χ1n) is 7.80. The van der Waals surface area contributed by atoms with Crippen molar-refractivity contribution in [3.05, 3.63) is 53.1 Å². The number of nitrogens with one attached hydrogen (secondary N) is 1. The predicted octanol–water partition coefficient (Wildman–Crippen LogP) is 2.60. The maximum absolute atomic E-state index is 12.3. The van der Waals surface area contributed by atoms with Gasteiger partial charge in [0, 0.05) is 11.4 Å². The fourth-order valence-corrected chi connectivity index (χ4v) is 3.05. The maximum Gasteiger partial charge on any atom is 0.261 e. The van der Waals surface area contributed by atoms with Crippen molar-refractivity contribution in [2.24, 2.45) is 0 Å². The summed E-state index contributed by atoms with van der Waals surface area (Å²) in [6.45, 7) is 0.767. The van der Waals surface area contributed by atoms with Crippen molar-refractivity contribution in [1.29, 1.82) is 0 Å². The van der Waals surface area contributed by atoms with Gasteiger partial charge in [-0.3, -0.25) is 4.79 Å². The Morgan fingerprint density at radius 3 is 2.83 bits per heavy atom. The van der Waals surface area contributed by atoms with E-state index in [2.05, 4.69) is 5.32 Å². The fraction of sp³-hybridized carbons (Fsp3) is 0.278. The van der Waals surface area contributed by atoms with Crippen LogP contribution in [0.2, 0.25) is 5.02 Å². The normalized spacial score (nSPS) is 20.9. The average molecular weight is 346 g/mol. The fourth-order valence-electron chi connectivity index (χ4n) is 2.86. The van der Waals surface area contributed by atoms with Crippen molar-refractivity contribution in [2.75, 3.05) is 13.2 Å². The van der Waals surface area contributed by atoms with Crippen LogP contribution in [0.3, 0.4) is 0 Å². The molecule has 0 bridgehead atoms. The number of fused-ring (bicyclic) bond motifs is 2. The monoisotopic (exact) mass is 345 g/mol. The minimum absolute atomic E-state index is 0.162. The molecule has 6 heteroatoms. The first-order chi connectivity index (χ1) is 11.7. The molecule has 5 nitrogen and oxygen atoms in total. The second-order valence-corrected chi connectivity index (χ2v) is 6.24. The van der Waals surface area contributed by atoms with Crippen LogP contribution in [-0.4, -0.2) is 31.3 Å². The molecule has 2 atom stereocenters. The standard InChI is InChI=1S/C18H16ClNO4/c19-12-5-6-14-11(7-12)8-17(24-14)18(21)20-9-13-10-22-15-3-1-2-4-16(15)23-13/h1-7,13,17H,8-10H2,(H,20,21)/t13-,17+/m0/s1. The summed E-state index contributed by atoms with van der Waals surface area (Å²) < 4.78 is 17.1. The maximum atomic E-state index is 12.3. The number of carbonyl (C=O) groups excluding carboxylic acids is 1. The van der Waals surface area contributed by atoms with E-state index in [-0.39, 0.29) is 12.0 Å². The predicted molar refractivity (Wildman–Crippen MR) is 88.9 cm³/mol. The van der Waals surface area contributed by atoms with Crippen molar-refractivity contribution in [3.63, 3.8) is 0 Å². The van der Waals surface area contributed by atoms with Crippen molar-refractivity contribution in [3.8, 4) is 17.2 Å². The number of benzene rings is 2. The van der Waals surface area contributed by atoms with Crippen molar-refractivity contribution >= 4 is 17.5 Å². The summed E-state index contributed by atoms with van der Waals surface area (Å²) >= 11 is 5.97. The van der Waals surface area contributed by atoms with Crippen LogP contribution in [-0.2, 0) is 11.2 Å². The molecular weight excluding hydrogens is 330 g/mol. The van der Waals surface area contributed by atoms with Crippen molar-refractivity contribution in [2.45, 2.75) is 18.6 Å². The molecule has 0 saturated carbocycles. The van der Waals surface area contributed by atoms with Crippen LogP contribution >= 0.6 is 11.6 Å². The summed E-state index contributed by atoms with van der Waals surface area (Å²) in [5, 5.41) is 3.52. The summed E-state index contributed by atoms with van der Waals surface area (Å²) in [5.41, 5.74) is 0.953. The van der Waals surface area contributed by atoms with Gasteiger partial charge in [-0.25, -0.2) is 0 Å². The molecule has 0 fully saturated rings. The second-order valence-electron chi connectivity index (χ2n) is 5.81. The zero-order valence-corrected chi connectivity index (χ0v) is 13.6. The first-order valence-corrected chi connectivity index (χ1v) is 8.18. The SMILES string of the molecule is O=C(NC[C@H]1COc2ccccc2O1)[C@H]1Cc2cc(Cl)ccc2O1. The highest BCUT2D eigenvalue weighted by Gasteiger charge is 2.30. The Hall–Kier alpha value is -2.40. The number of rotatable bonds is 3. The van der Waals surface area contributed by atoms with Crippen LogP contribution in [0.1, 0.15) is 5.56 Å². The Balaban J connectivity index is 1.32. The van der Waals surface area contributed by atoms with Gasteiger partial charge in [-0.15, -0.1) is 0 Å². The molecule has 0 radical (unpaired) electrons. The Labute approximate surface area is 144 Å². The van der Waals surface area contributed by atoms with Gasteiger partial charge in [-0.05, 0) is 35.9 Å². The van der Waals surface area contributed by atoms with Crippen LogP contribution < -0.4 is 19.5 Å². The molecule has 2 heterocycles. The number of halogens is 1. The molecule has 1 amide bonds. The molecule has 0 aromatic heterocycles. The van der Waals surface area contributed by atoms with Gasteiger partial charge in [0.15, 0.2) is 17.6 Å². The van der Waals surface area contributed by atoms with Crippen molar-refractivity contribution < 1.29 is 19.0 Å². The number of ether oxygens (including phenoxy) is 3. The number of hydrogen-bond donors (Lipinski definition) is 1. The van der Waals surface area contributed by atoms with E-state index in [9.17, 15) is 4.79 Å². The Morgan fingerprint density at radius 2 is 1.96 bits per heavy atom. The Kier molecular flexibility index (Phi) is 3.94. The van der Waals surface area contributed by atoms with E-state index in [1.54, 1.807) is 12.1 Å². The molecule has 4 rings (SSSR count). The minimum atomic E-state index is -0.532. The van der Waals surface area contributed by atoms with Crippen LogP contribution in [0.15, 0.2) is 42.5 Å². The summed E-state index contributed by atoms with van der Waals surface area (Å²) in [4.78, 5) is 12.3. The highest BCUT2D eigenvalue weighted by Crippen LogP contribution is 2.32. The van der Waals surface area contributed by atoms with E-state index in [1.165, 1.54) is 0 Å². The summed E-state index contributed by atoms with van der Waals surface area (Å²) in [7, 11) is 0. The summed E-state index contributed by atoms with van der Waals surface area (Å²) in [5.74, 6) is 1.98. The Bertz CT molecular complexity index is 779. The van der Waals surface area contributed by atoms with Gasteiger partial charge in [0.1, 0.15) is 18.5 Å². The molecule has 1 N–H and O–H groups in total. The largest absolute Gasteiger partial charge is 0.486 e. The van der Waals surface area contributed by atoms with E-state index in [0.29, 0.717) is 36.1 Å². The number of para-hydroxylation sites is 2. The summed E-state index contributed by atoms with van der Waals surface area (Å²) in [6.07, 6.45) is -0.232. The quantitative estimate of drug-likeness (QED) is 0.929. The third-order valence-electron chi connectivity index (χ3n) is 4.06. The zero-order chi connectivity index (χ0) is 16.5. The lowest BCUT2D eigenvalue weighted by molar-refractivity contribution is -0.127. The highest BCUT2D eigenvalue weighted by atomic mass is 35.5. The molecule has 2 aromatic carbocycles. The average Bonchev–Trinajstić information content (AvgIpc) is 3.02. The summed E-state index contributed by atoms with van der Waals surface area (Å²) in [6, 6.07) is 12.9. The van der Waals surface area contributed by atoms with Crippen LogP contribution in [0.4, 0.5) is 0 Å². The topological polar surface area (TPSA) is 56.8 Å². The van der Waals surface area contributed by atoms with Gasteiger partial charge < -0.3 is 19.5 Å². The third-order valence-corrected chi connectivity index (χ3v) is 4.30. The van der Waals surface area contributed by atoms with Crippen LogP contribution in [0, 0.1) is 0 Å². The molecule has 0 unspecified atom stereocenters. The molecule has 0 aliphatic carbocycles. The van der Waals surface area contributed by atoms with Crippen LogP contribution in [0.5, 0.6) is 17.2 Å². The molecule has 2 aliphatic rings. The molecular formula is C18H16ClNO4. The number of amides is 1. The number of hydrogen-bond acceptors (Lipinski definition) is 4. The van der Waals surface area contributed by atoms with E-state index in [1.807, 2.05) is 30.3 Å². The second kappa shape index (κ2) is 6.24. The third kappa shape index (κ3) is 2.99. The minimum Gasteiger partial charge on any atom is -0.486 e. The van der Waals surface area contributed by atoms with Gasteiger partial charge in [0.05, 0.1) is 6.54 Å². The van der Waals surface area contributed by atoms with E-state index in [4.69, 9.17) is 25.8 Å². The molecule has 0 spiro atoms. The number of carbonyl (C=O) groups is 1. The van der Waals surface area contributed by atoms with E-state index in [0.717, 1.165) is 11.3 Å². The van der Waals surface area contributed by atoms with E-state index >= 15 is 0 Å².